The van der Waals surface area contributed by atoms with E-state index in [1.54, 1.807) is 19.1 Å². The molecule has 1 heterocycles. The first-order valence-electron chi connectivity index (χ1n) is 7.98. The zero-order valence-corrected chi connectivity index (χ0v) is 14.6. The molecule has 0 aliphatic rings. The minimum atomic E-state index is -4.40. The molecule has 1 unspecified atom stereocenters. The number of carbonyl (C=O) groups excluding carboxylic acids is 2. The standard InChI is InChI=1S/C18H18F3N3O3/c1-11(13-3-5-15(6-4-13)27-10-18(19,20)21)23-17(26)14-7-8-22-16(9-14)24-12(2)25/h3-9,11H,10H2,1-2H3,(H,23,26)(H,22,24,25). The van der Waals surface area contributed by atoms with Crippen molar-refractivity contribution in [2.45, 2.75) is 26.1 Å². The maximum absolute atomic E-state index is 12.3. The fraction of sp³-hybridized carbons (Fsp3) is 0.278. The van der Waals surface area contributed by atoms with Crippen LogP contribution in [0.4, 0.5) is 19.0 Å². The van der Waals surface area contributed by atoms with Gasteiger partial charge in [-0.15, -0.1) is 0 Å². The Bertz CT molecular complexity index is 807. The third-order valence-electron chi connectivity index (χ3n) is 3.46. The van der Waals surface area contributed by atoms with Gasteiger partial charge < -0.3 is 15.4 Å². The molecule has 0 bridgehead atoms. The Morgan fingerprint density at radius 2 is 1.85 bits per heavy atom. The number of amides is 2. The average molecular weight is 381 g/mol. The molecule has 0 saturated carbocycles. The second-order valence-corrected chi connectivity index (χ2v) is 5.78. The smallest absolute Gasteiger partial charge is 0.422 e. The Morgan fingerprint density at radius 1 is 1.19 bits per heavy atom. The summed E-state index contributed by atoms with van der Waals surface area (Å²) in [4.78, 5) is 27.3. The molecule has 6 nitrogen and oxygen atoms in total. The van der Waals surface area contributed by atoms with Crippen LogP contribution < -0.4 is 15.4 Å². The van der Waals surface area contributed by atoms with Crippen LogP contribution >= 0.6 is 0 Å². The Kier molecular flexibility index (Phi) is 6.38. The van der Waals surface area contributed by atoms with Crippen molar-refractivity contribution in [2.24, 2.45) is 0 Å². The highest BCUT2D eigenvalue weighted by atomic mass is 19.4. The van der Waals surface area contributed by atoms with Crippen LogP contribution in [0.5, 0.6) is 5.75 Å². The predicted octanol–water partition coefficient (Wildman–Crippen LogP) is 3.47. The highest BCUT2D eigenvalue weighted by Crippen LogP contribution is 2.21. The third kappa shape index (κ3) is 6.61. The molecule has 0 radical (unpaired) electrons. The van der Waals surface area contributed by atoms with E-state index in [0.29, 0.717) is 11.1 Å². The van der Waals surface area contributed by atoms with Gasteiger partial charge in [0.25, 0.3) is 5.91 Å². The van der Waals surface area contributed by atoms with Gasteiger partial charge in [0, 0.05) is 18.7 Å². The molecular weight excluding hydrogens is 363 g/mol. The minimum absolute atomic E-state index is 0.0867. The van der Waals surface area contributed by atoms with Crippen LogP contribution in [0, 0.1) is 0 Å². The maximum Gasteiger partial charge on any atom is 0.422 e. The van der Waals surface area contributed by atoms with Crippen LogP contribution in [0.1, 0.15) is 35.8 Å². The van der Waals surface area contributed by atoms with E-state index in [0.717, 1.165) is 0 Å². The van der Waals surface area contributed by atoms with Gasteiger partial charge in [-0.2, -0.15) is 13.2 Å². The number of halogens is 3. The number of alkyl halides is 3. The molecule has 0 fully saturated rings. The third-order valence-corrected chi connectivity index (χ3v) is 3.46. The molecule has 2 rings (SSSR count). The van der Waals surface area contributed by atoms with Crippen molar-refractivity contribution in [1.82, 2.24) is 10.3 Å². The van der Waals surface area contributed by atoms with Gasteiger partial charge in [-0.3, -0.25) is 9.59 Å². The van der Waals surface area contributed by atoms with Crippen molar-refractivity contribution in [1.29, 1.82) is 0 Å². The van der Waals surface area contributed by atoms with E-state index in [-0.39, 0.29) is 23.4 Å². The largest absolute Gasteiger partial charge is 0.484 e. The number of pyridine rings is 1. The number of hydrogen-bond acceptors (Lipinski definition) is 4. The number of rotatable bonds is 6. The van der Waals surface area contributed by atoms with Crippen LogP contribution in [-0.4, -0.2) is 29.6 Å². The summed E-state index contributed by atoms with van der Waals surface area (Å²) in [6.07, 6.45) is -3.00. The fourth-order valence-corrected chi connectivity index (χ4v) is 2.20. The quantitative estimate of drug-likeness (QED) is 0.803. The molecule has 144 valence electrons. The van der Waals surface area contributed by atoms with E-state index in [1.165, 1.54) is 37.4 Å². The van der Waals surface area contributed by atoms with Crippen molar-refractivity contribution < 1.29 is 27.5 Å². The van der Waals surface area contributed by atoms with Gasteiger partial charge in [0.2, 0.25) is 5.91 Å². The first-order valence-corrected chi connectivity index (χ1v) is 7.98. The summed E-state index contributed by atoms with van der Waals surface area (Å²) in [6.45, 7) is 1.70. The number of aromatic nitrogens is 1. The number of anilines is 1. The van der Waals surface area contributed by atoms with Crippen molar-refractivity contribution in [2.75, 3.05) is 11.9 Å². The van der Waals surface area contributed by atoms with Crippen LogP contribution in [0.25, 0.3) is 0 Å². The monoisotopic (exact) mass is 381 g/mol. The molecule has 2 amide bonds. The van der Waals surface area contributed by atoms with Gasteiger partial charge in [-0.05, 0) is 36.8 Å². The van der Waals surface area contributed by atoms with Gasteiger partial charge in [-0.25, -0.2) is 4.98 Å². The van der Waals surface area contributed by atoms with Gasteiger partial charge in [0.05, 0.1) is 6.04 Å². The van der Waals surface area contributed by atoms with Crippen molar-refractivity contribution in [3.05, 3.63) is 53.7 Å². The number of carbonyl (C=O) groups is 2. The number of ether oxygens (including phenoxy) is 1. The first kappa shape index (κ1) is 20.2. The Labute approximate surface area is 153 Å². The SMILES string of the molecule is CC(=O)Nc1cc(C(=O)NC(C)c2ccc(OCC(F)(F)F)cc2)ccn1. The Hall–Kier alpha value is -3.10. The maximum atomic E-state index is 12.3. The zero-order valence-electron chi connectivity index (χ0n) is 14.6. The molecule has 1 aromatic carbocycles. The summed E-state index contributed by atoms with van der Waals surface area (Å²) >= 11 is 0. The molecule has 0 saturated heterocycles. The molecule has 0 aliphatic heterocycles. The normalized spacial score (nSPS) is 12.2. The minimum Gasteiger partial charge on any atom is -0.484 e. The Morgan fingerprint density at radius 3 is 2.44 bits per heavy atom. The summed E-state index contributed by atoms with van der Waals surface area (Å²) in [5.74, 6) is -0.340. The molecule has 1 atom stereocenters. The van der Waals surface area contributed by atoms with E-state index in [4.69, 9.17) is 0 Å². The summed E-state index contributed by atoms with van der Waals surface area (Å²) in [5.41, 5.74) is 1.00. The summed E-state index contributed by atoms with van der Waals surface area (Å²) < 4.78 is 41.1. The van der Waals surface area contributed by atoms with Gasteiger partial charge in [0.15, 0.2) is 6.61 Å². The lowest BCUT2D eigenvalue weighted by Crippen LogP contribution is -2.26. The fourth-order valence-electron chi connectivity index (χ4n) is 2.20. The van der Waals surface area contributed by atoms with Crippen LogP contribution in [-0.2, 0) is 4.79 Å². The van der Waals surface area contributed by atoms with E-state index < -0.39 is 18.8 Å². The zero-order chi connectivity index (χ0) is 20.0. The van der Waals surface area contributed by atoms with E-state index >= 15 is 0 Å². The van der Waals surface area contributed by atoms with E-state index in [2.05, 4.69) is 20.4 Å². The number of nitrogens with one attached hydrogen (secondary N) is 2. The highest BCUT2D eigenvalue weighted by molar-refractivity contribution is 5.96. The lowest BCUT2D eigenvalue weighted by Gasteiger charge is -2.16. The molecular formula is C18H18F3N3O3. The summed E-state index contributed by atoms with van der Waals surface area (Å²) in [7, 11) is 0. The van der Waals surface area contributed by atoms with Crippen LogP contribution in [0.3, 0.4) is 0 Å². The Balaban J connectivity index is 1.99. The molecule has 27 heavy (non-hydrogen) atoms. The first-order chi connectivity index (χ1) is 12.6. The summed E-state index contributed by atoms with van der Waals surface area (Å²) in [5, 5.41) is 5.26. The second kappa shape index (κ2) is 8.52. The lowest BCUT2D eigenvalue weighted by molar-refractivity contribution is -0.153. The molecule has 9 heteroatoms. The number of benzene rings is 1. The van der Waals surface area contributed by atoms with Crippen LogP contribution in [0.15, 0.2) is 42.6 Å². The lowest BCUT2D eigenvalue weighted by atomic mass is 10.1. The number of hydrogen-bond donors (Lipinski definition) is 2. The highest BCUT2D eigenvalue weighted by Gasteiger charge is 2.28. The predicted molar refractivity (Wildman–Crippen MR) is 92.4 cm³/mol. The summed E-state index contributed by atoms with van der Waals surface area (Å²) in [6, 6.07) is 8.51. The molecule has 2 aromatic rings. The number of nitrogens with zero attached hydrogens (tertiary/aromatic N) is 1. The van der Waals surface area contributed by atoms with E-state index in [1.807, 2.05) is 0 Å². The second-order valence-electron chi connectivity index (χ2n) is 5.78. The molecule has 1 aromatic heterocycles. The van der Waals surface area contributed by atoms with Gasteiger partial charge in [-0.1, -0.05) is 12.1 Å². The van der Waals surface area contributed by atoms with Crippen LogP contribution in [0.2, 0.25) is 0 Å². The average Bonchev–Trinajstić information content (AvgIpc) is 2.59. The van der Waals surface area contributed by atoms with Gasteiger partial charge >= 0.3 is 6.18 Å². The van der Waals surface area contributed by atoms with Crippen molar-refractivity contribution in [3.8, 4) is 5.75 Å². The topological polar surface area (TPSA) is 80.3 Å². The van der Waals surface area contributed by atoms with E-state index in [9.17, 15) is 22.8 Å². The molecule has 0 spiro atoms. The van der Waals surface area contributed by atoms with Crippen molar-refractivity contribution >= 4 is 17.6 Å². The molecule has 2 N–H and O–H groups in total. The van der Waals surface area contributed by atoms with Gasteiger partial charge in [0.1, 0.15) is 11.6 Å². The van der Waals surface area contributed by atoms with Crippen molar-refractivity contribution in [3.63, 3.8) is 0 Å². The molecule has 0 aliphatic carbocycles.